The summed E-state index contributed by atoms with van der Waals surface area (Å²) in [5.41, 5.74) is 0.190. The lowest BCUT2D eigenvalue weighted by Crippen LogP contribution is -2.39. The van der Waals surface area contributed by atoms with Crippen LogP contribution in [-0.4, -0.2) is 52.9 Å². The third kappa shape index (κ3) is 5.53. The van der Waals surface area contributed by atoms with Crippen molar-refractivity contribution in [2.75, 3.05) is 26.0 Å². The lowest BCUT2D eigenvalue weighted by Gasteiger charge is -2.19. The van der Waals surface area contributed by atoms with Crippen LogP contribution in [0.3, 0.4) is 0 Å². The maximum atomic E-state index is 12.5. The number of nitro groups is 1. The van der Waals surface area contributed by atoms with Gasteiger partial charge in [-0.25, -0.2) is 4.79 Å². The number of hydrogen-bond donors (Lipinski definition) is 1. The first-order valence-corrected chi connectivity index (χ1v) is 9.12. The monoisotopic (exact) mass is 430 g/mol. The van der Waals surface area contributed by atoms with Gasteiger partial charge in [0.1, 0.15) is 6.54 Å². The molecule has 0 aliphatic heterocycles. The molecule has 0 aliphatic carbocycles. The molecule has 31 heavy (non-hydrogen) atoms. The molecule has 1 N–H and O–H groups in total. The zero-order valence-corrected chi connectivity index (χ0v) is 17.5. The highest BCUT2D eigenvalue weighted by Crippen LogP contribution is 2.19. The molecular weight excluding hydrogens is 408 g/mol. The van der Waals surface area contributed by atoms with Gasteiger partial charge in [-0.2, -0.15) is 0 Å². The summed E-state index contributed by atoms with van der Waals surface area (Å²) in [4.78, 5) is 60.1. The molecule has 0 aliphatic rings. The van der Waals surface area contributed by atoms with E-state index in [1.807, 2.05) is 32.0 Å². The van der Waals surface area contributed by atoms with Crippen LogP contribution in [0.1, 0.15) is 21.5 Å². The molecule has 0 spiro atoms. The van der Waals surface area contributed by atoms with Crippen LogP contribution >= 0.6 is 0 Å². The number of ether oxygens (including phenoxy) is 1. The fraction of sp³-hybridized carbons (Fsp3) is 0.300. The van der Waals surface area contributed by atoms with Gasteiger partial charge in [0.25, 0.3) is 0 Å². The maximum Gasteiger partial charge on any atom is 0.339 e. The number of hydrogen-bond acceptors (Lipinski definition) is 7. The topological polar surface area (TPSA) is 141 Å². The Morgan fingerprint density at radius 1 is 1.23 bits per heavy atom. The quantitative estimate of drug-likeness (QED) is 0.396. The van der Waals surface area contributed by atoms with E-state index in [1.54, 1.807) is 0 Å². The molecule has 1 aromatic heterocycles. The zero-order valence-electron chi connectivity index (χ0n) is 17.5. The van der Waals surface area contributed by atoms with E-state index in [0.29, 0.717) is 5.69 Å². The number of pyridine rings is 1. The predicted octanol–water partition coefficient (Wildman–Crippen LogP) is 1.26. The Labute approximate surface area is 177 Å². The number of carbonyl (C=O) groups excluding carboxylic acids is 3. The Balaban J connectivity index is 2.18. The summed E-state index contributed by atoms with van der Waals surface area (Å²) in [6.07, 6.45) is 1.00. The van der Waals surface area contributed by atoms with E-state index >= 15 is 0 Å². The average molecular weight is 430 g/mol. The smallest absolute Gasteiger partial charge is 0.339 e. The minimum atomic E-state index is -1.06. The van der Waals surface area contributed by atoms with E-state index in [0.717, 1.165) is 40.0 Å². The standard InChI is InChI=1S/C20H22N4O7/c1-12-6-5-7-13(2)18(12)21-16(25)10-22(3)17(26)11-23-9-14(20(28)31-4)8-15(19(23)27)24(29)30/h5-9H,10-11H2,1-4H3,(H,21,25). The van der Waals surface area contributed by atoms with E-state index in [1.165, 1.54) is 7.05 Å². The number of likely N-dealkylation sites (N-methyl/N-ethyl adjacent to an activating group) is 1. The molecule has 1 heterocycles. The number of nitrogens with zero attached hydrogens (tertiary/aromatic N) is 3. The lowest BCUT2D eigenvalue weighted by atomic mass is 10.1. The predicted molar refractivity (Wildman–Crippen MR) is 111 cm³/mol. The van der Waals surface area contributed by atoms with Crippen molar-refractivity contribution < 1.29 is 24.0 Å². The molecular formula is C20H22N4O7. The Kier molecular flexibility index (Phi) is 7.24. The average Bonchev–Trinajstić information content (AvgIpc) is 2.71. The molecule has 11 nitrogen and oxygen atoms in total. The van der Waals surface area contributed by atoms with E-state index in [-0.39, 0.29) is 12.1 Å². The Bertz CT molecular complexity index is 1090. The first-order chi connectivity index (χ1) is 14.5. The summed E-state index contributed by atoms with van der Waals surface area (Å²) in [5.74, 6) is -2.00. The normalized spacial score (nSPS) is 10.3. The maximum absolute atomic E-state index is 12.5. The van der Waals surface area contributed by atoms with Gasteiger partial charge >= 0.3 is 17.2 Å². The van der Waals surface area contributed by atoms with Crippen LogP contribution in [0, 0.1) is 24.0 Å². The molecule has 2 aromatic rings. The molecule has 2 rings (SSSR count). The Hall–Kier alpha value is -4.02. The van der Waals surface area contributed by atoms with Gasteiger partial charge in [-0.3, -0.25) is 29.1 Å². The molecule has 0 saturated carbocycles. The summed E-state index contributed by atoms with van der Waals surface area (Å²) >= 11 is 0. The van der Waals surface area contributed by atoms with Crippen LogP contribution in [0.4, 0.5) is 11.4 Å². The minimum Gasteiger partial charge on any atom is -0.465 e. The van der Waals surface area contributed by atoms with Crippen molar-refractivity contribution in [3.8, 4) is 0 Å². The van der Waals surface area contributed by atoms with E-state index in [2.05, 4.69) is 10.1 Å². The van der Waals surface area contributed by atoms with Gasteiger partial charge < -0.3 is 15.0 Å². The molecule has 0 fully saturated rings. The number of aryl methyl sites for hydroxylation is 2. The van der Waals surface area contributed by atoms with Crippen LogP contribution in [0.2, 0.25) is 0 Å². The zero-order chi connectivity index (χ0) is 23.3. The molecule has 0 radical (unpaired) electrons. The summed E-state index contributed by atoms with van der Waals surface area (Å²) in [5, 5.41) is 13.9. The van der Waals surface area contributed by atoms with Crippen molar-refractivity contribution in [3.63, 3.8) is 0 Å². The summed E-state index contributed by atoms with van der Waals surface area (Å²) in [7, 11) is 2.44. The second-order valence-electron chi connectivity index (χ2n) is 6.86. The summed E-state index contributed by atoms with van der Waals surface area (Å²) in [6, 6.07) is 6.32. The number of methoxy groups -OCH3 is 1. The number of aromatic nitrogens is 1. The van der Waals surface area contributed by atoms with Gasteiger partial charge in [-0.15, -0.1) is 0 Å². The third-order valence-electron chi connectivity index (χ3n) is 4.54. The van der Waals surface area contributed by atoms with E-state index in [9.17, 15) is 29.3 Å². The number of rotatable bonds is 7. The van der Waals surface area contributed by atoms with Crippen molar-refractivity contribution in [2.45, 2.75) is 20.4 Å². The Morgan fingerprint density at radius 2 is 1.84 bits per heavy atom. The van der Waals surface area contributed by atoms with Crippen molar-refractivity contribution in [2.24, 2.45) is 0 Å². The molecule has 11 heteroatoms. The molecule has 164 valence electrons. The molecule has 0 unspecified atom stereocenters. The fourth-order valence-electron chi connectivity index (χ4n) is 2.86. The summed E-state index contributed by atoms with van der Waals surface area (Å²) in [6.45, 7) is 2.77. The number of esters is 1. The van der Waals surface area contributed by atoms with Crippen LogP contribution in [0.25, 0.3) is 0 Å². The van der Waals surface area contributed by atoms with Crippen molar-refractivity contribution >= 4 is 29.2 Å². The van der Waals surface area contributed by atoms with Crippen LogP contribution in [-0.2, 0) is 20.9 Å². The highest BCUT2D eigenvalue weighted by atomic mass is 16.6. The SMILES string of the molecule is COC(=O)c1cc([N+](=O)[O-])c(=O)n(CC(=O)N(C)CC(=O)Nc2c(C)cccc2C)c1. The number of anilines is 1. The highest BCUT2D eigenvalue weighted by molar-refractivity contribution is 5.95. The van der Waals surface area contributed by atoms with Crippen molar-refractivity contribution in [1.29, 1.82) is 0 Å². The molecule has 0 atom stereocenters. The first-order valence-electron chi connectivity index (χ1n) is 9.12. The van der Waals surface area contributed by atoms with Gasteiger partial charge in [0, 0.05) is 25.0 Å². The van der Waals surface area contributed by atoms with Crippen LogP contribution < -0.4 is 10.9 Å². The molecule has 2 amide bonds. The van der Waals surface area contributed by atoms with Crippen LogP contribution in [0.5, 0.6) is 0 Å². The molecule has 0 saturated heterocycles. The van der Waals surface area contributed by atoms with E-state index < -0.39 is 40.5 Å². The first kappa shape index (κ1) is 23.3. The van der Waals surface area contributed by atoms with Gasteiger partial charge in [0.2, 0.25) is 11.8 Å². The molecule has 1 aromatic carbocycles. The van der Waals surface area contributed by atoms with Crippen LogP contribution in [0.15, 0.2) is 35.3 Å². The fourth-order valence-corrected chi connectivity index (χ4v) is 2.86. The number of nitrogens with one attached hydrogen (secondary N) is 1. The number of carbonyl (C=O) groups is 3. The van der Waals surface area contributed by atoms with Gasteiger partial charge in [0.05, 0.1) is 24.1 Å². The largest absolute Gasteiger partial charge is 0.465 e. The highest BCUT2D eigenvalue weighted by Gasteiger charge is 2.22. The number of amides is 2. The number of para-hydroxylation sites is 1. The Morgan fingerprint density at radius 3 is 2.39 bits per heavy atom. The van der Waals surface area contributed by atoms with Crippen molar-refractivity contribution in [3.05, 3.63) is 67.6 Å². The third-order valence-corrected chi connectivity index (χ3v) is 4.54. The summed E-state index contributed by atoms with van der Waals surface area (Å²) < 4.78 is 5.26. The second-order valence-corrected chi connectivity index (χ2v) is 6.86. The van der Waals surface area contributed by atoms with Crippen molar-refractivity contribution in [1.82, 2.24) is 9.47 Å². The van der Waals surface area contributed by atoms with Gasteiger partial charge in [-0.05, 0) is 25.0 Å². The molecule has 0 bridgehead atoms. The minimum absolute atomic E-state index is 0.253. The second kappa shape index (κ2) is 9.65. The number of benzene rings is 1. The van der Waals surface area contributed by atoms with Gasteiger partial charge in [-0.1, -0.05) is 18.2 Å². The van der Waals surface area contributed by atoms with Gasteiger partial charge in [0.15, 0.2) is 0 Å². The van der Waals surface area contributed by atoms with E-state index in [4.69, 9.17) is 0 Å². The lowest BCUT2D eigenvalue weighted by molar-refractivity contribution is -0.386.